The molecule has 150 valence electrons. The van der Waals surface area contributed by atoms with Gasteiger partial charge in [-0.15, -0.1) is 0 Å². The van der Waals surface area contributed by atoms with Gasteiger partial charge in [-0.1, -0.05) is 30.3 Å². The van der Waals surface area contributed by atoms with Crippen LogP contribution in [0.25, 0.3) is 0 Å². The largest absolute Gasteiger partial charge is 0.361 e. The van der Waals surface area contributed by atoms with Crippen LogP contribution >= 0.6 is 0 Å². The second kappa shape index (κ2) is 7.71. The molecule has 0 unspecified atom stereocenters. The van der Waals surface area contributed by atoms with Crippen molar-refractivity contribution in [2.24, 2.45) is 0 Å². The first-order valence-electron chi connectivity index (χ1n) is 9.48. The molecule has 0 amide bonds. The molecule has 0 spiro atoms. The van der Waals surface area contributed by atoms with Crippen LogP contribution in [0.4, 0.5) is 17.3 Å². The number of hydrogen-bond acceptors (Lipinski definition) is 7. The summed E-state index contributed by atoms with van der Waals surface area (Å²) in [6.45, 7) is 9.02. The highest BCUT2D eigenvalue weighted by molar-refractivity contribution is 5.69. The second-order valence-corrected chi connectivity index (χ2v) is 8.66. The average Bonchev–Trinajstić information content (AvgIpc) is 2.58. The van der Waals surface area contributed by atoms with E-state index in [0.29, 0.717) is 6.54 Å². The Bertz CT molecular complexity index is 822. The monoisotopic (exact) mass is 384 g/mol. The molecule has 0 bridgehead atoms. The smallest absolute Gasteiger partial charge is 0.353 e. The number of anilines is 2. The lowest BCUT2D eigenvalue weighted by Crippen LogP contribution is -2.60. The maximum absolute atomic E-state index is 11.8. The molecule has 0 atom stereocenters. The van der Waals surface area contributed by atoms with Gasteiger partial charge < -0.3 is 16.0 Å². The number of hydrogen-bond donors (Lipinski definition) is 3. The maximum atomic E-state index is 11.8. The Balaban J connectivity index is 1.82. The van der Waals surface area contributed by atoms with Crippen LogP contribution in [0.3, 0.4) is 0 Å². The van der Waals surface area contributed by atoms with Crippen LogP contribution in [-0.2, 0) is 6.54 Å². The molecule has 1 aromatic heterocycles. The van der Waals surface area contributed by atoms with E-state index in [2.05, 4.69) is 53.6 Å². The summed E-state index contributed by atoms with van der Waals surface area (Å²) in [5.74, 6) is 0.480. The Hall–Kier alpha value is -2.74. The Morgan fingerprint density at radius 1 is 1.11 bits per heavy atom. The van der Waals surface area contributed by atoms with Gasteiger partial charge in [0.1, 0.15) is 6.33 Å². The highest BCUT2D eigenvalue weighted by atomic mass is 16.6. The molecule has 0 saturated carbocycles. The molecule has 2 heterocycles. The van der Waals surface area contributed by atoms with Crippen molar-refractivity contribution in [1.29, 1.82) is 0 Å². The molecular formula is C20H28N6O2. The van der Waals surface area contributed by atoms with Crippen LogP contribution < -0.4 is 16.0 Å². The minimum Gasteiger partial charge on any atom is -0.361 e. The van der Waals surface area contributed by atoms with Crippen LogP contribution in [0.5, 0.6) is 0 Å². The van der Waals surface area contributed by atoms with Crippen molar-refractivity contribution in [2.75, 3.05) is 10.6 Å². The van der Waals surface area contributed by atoms with Gasteiger partial charge >= 0.3 is 5.69 Å². The molecule has 28 heavy (non-hydrogen) atoms. The quantitative estimate of drug-likeness (QED) is 0.515. The Morgan fingerprint density at radius 2 is 1.71 bits per heavy atom. The highest BCUT2D eigenvalue weighted by Crippen LogP contribution is 2.34. The summed E-state index contributed by atoms with van der Waals surface area (Å²) in [6.07, 6.45) is 3.04. The normalized spacial score (nSPS) is 18.4. The van der Waals surface area contributed by atoms with Gasteiger partial charge in [0, 0.05) is 23.7 Å². The van der Waals surface area contributed by atoms with E-state index in [1.807, 2.05) is 30.3 Å². The third-order valence-electron chi connectivity index (χ3n) is 4.84. The number of benzene rings is 1. The summed E-state index contributed by atoms with van der Waals surface area (Å²) in [5, 5.41) is 21.8. The molecule has 1 aromatic carbocycles. The van der Waals surface area contributed by atoms with Gasteiger partial charge in [-0.2, -0.15) is 0 Å². The van der Waals surface area contributed by atoms with Crippen LogP contribution in [0.1, 0.15) is 46.1 Å². The molecule has 8 heteroatoms. The molecule has 1 saturated heterocycles. The first-order chi connectivity index (χ1) is 13.2. The average molecular weight is 384 g/mol. The zero-order valence-corrected chi connectivity index (χ0v) is 16.8. The molecule has 2 aromatic rings. The summed E-state index contributed by atoms with van der Waals surface area (Å²) in [5.41, 5.74) is 0.755. The number of piperidine rings is 1. The zero-order chi connectivity index (χ0) is 20.4. The lowest BCUT2D eigenvalue weighted by molar-refractivity contribution is -0.383. The fourth-order valence-corrected chi connectivity index (χ4v) is 4.19. The predicted molar refractivity (Wildman–Crippen MR) is 110 cm³/mol. The molecule has 0 aliphatic carbocycles. The SMILES string of the molecule is CC1(C)CC(Nc2ncnc(NCc3ccccc3)c2[N+](=O)[O-])CC(C)(C)N1. The van der Waals surface area contributed by atoms with Crippen molar-refractivity contribution in [3.8, 4) is 0 Å². The van der Waals surface area contributed by atoms with Crippen molar-refractivity contribution in [3.05, 3.63) is 52.3 Å². The highest BCUT2D eigenvalue weighted by Gasteiger charge is 2.38. The van der Waals surface area contributed by atoms with Crippen molar-refractivity contribution in [2.45, 2.75) is 64.2 Å². The molecular weight excluding hydrogens is 356 g/mol. The minimum absolute atomic E-state index is 0.0711. The first kappa shape index (κ1) is 20.0. The molecule has 3 rings (SSSR count). The van der Waals surface area contributed by atoms with E-state index in [1.165, 1.54) is 6.33 Å². The van der Waals surface area contributed by atoms with Gasteiger partial charge in [0.15, 0.2) is 0 Å². The summed E-state index contributed by atoms with van der Waals surface area (Å²) in [7, 11) is 0. The summed E-state index contributed by atoms with van der Waals surface area (Å²) < 4.78 is 0. The summed E-state index contributed by atoms with van der Waals surface area (Å²) in [6, 6.07) is 9.77. The molecule has 1 fully saturated rings. The predicted octanol–water partition coefficient (Wildman–Crippen LogP) is 3.72. The van der Waals surface area contributed by atoms with E-state index in [0.717, 1.165) is 18.4 Å². The van der Waals surface area contributed by atoms with E-state index in [9.17, 15) is 10.1 Å². The molecule has 3 N–H and O–H groups in total. The molecule has 1 aliphatic rings. The minimum atomic E-state index is -0.424. The van der Waals surface area contributed by atoms with Crippen LogP contribution in [0.15, 0.2) is 36.7 Å². The maximum Gasteiger partial charge on any atom is 0.353 e. The Kier molecular flexibility index (Phi) is 5.51. The van der Waals surface area contributed by atoms with Gasteiger partial charge in [-0.3, -0.25) is 10.1 Å². The van der Waals surface area contributed by atoms with Gasteiger partial charge in [-0.05, 0) is 46.1 Å². The number of nitrogens with zero attached hydrogens (tertiary/aromatic N) is 3. The van der Waals surface area contributed by atoms with Crippen LogP contribution in [-0.4, -0.2) is 32.0 Å². The van der Waals surface area contributed by atoms with Gasteiger partial charge in [-0.25, -0.2) is 9.97 Å². The van der Waals surface area contributed by atoms with Crippen molar-refractivity contribution in [1.82, 2.24) is 15.3 Å². The Labute approximate surface area is 165 Å². The molecule has 0 radical (unpaired) electrons. The van der Waals surface area contributed by atoms with E-state index in [4.69, 9.17) is 0 Å². The van der Waals surface area contributed by atoms with Crippen molar-refractivity contribution in [3.63, 3.8) is 0 Å². The van der Waals surface area contributed by atoms with Crippen molar-refractivity contribution < 1.29 is 4.92 Å². The molecule has 8 nitrogen and oxygen atoms in total. The molecule has 1 aliphatic heterocycles. The third kappa shape index (κ3) is 4.95. The van der Waals surface area contributed by atoms with Crippen molar-refractivity contribution >= 4 is 17.3 Å². The fourth-order valence-electron chi connectivity index (χ4n) is 4.19. The first-order valence-corrected chi connectivity index (χ1v) is 9.48. The van der Waals surface area contributed by atoms with E-state index in [-0.39, 0.29) is 34.4 Å². The van der Waals surface area contributed by atoms with E-state index in [1.54, 1.807) is 0 Å². The third-order valence-corrected chi connectivity index (χ3v) is 4.84. The van der Waals surface area contributed by atoms with E-state index < -0.39 is 4.92 Å². The van der Waals surface area contributed by atoms with Crippen LogP contribution in [0.2, 0.25) is 0 Å². The zero-order valence-electron chi connectivity index (χ0n) is 16.8. The van der Waals surface area contributed by atoms with E-state index >= 15 is 0 Å². The lowest BCUT2D eigenvalue weighted by atomic mass is 9.79. The second-order valence-electron chi connectivity index (χ2n) is 8.66. The number of aromatic nitrogens is 2. The Morgan fingerprint density at radius 3 is 2.32 bits per heavy atom. The standard InChI is InChI=1S/C20H28N6O2/c1-19(2)10-15(11-20(3,4)25-19)24-18-16(26(27)28)17(22-13-23-18)21-12-14-8-6-5-7-9-14/h5-9,13,15,25H,10-12H2,1-4H3,(H2,21,22,23,24). The number of rotatable bonds is 6. The number of nitro groups is 1. The summed E-state index contributed by atoms with van der Waals surface area (Å²) >= 11 is 0. The topological polar surface area (TPSA) is 105 Å². The van der Waals surface area contributed by atoms with Gasteiger partial charge in [0.25, 0.3) is 0 Å². The van der Waals surface area contributed by atoms with Crippen LogP contribution in [0, 0.1) is 10.1 Å². The van der Waals surface area contributed by atoms with Gasteiger partial charge in [0.2, 0.25) is 11.6 Å². The number of nitrogens with one attached hydrogen (secondary N) is 3. The summed E-state index contributed by atoms with van der Waals surface area (Å²) in [4.78, 5) is 19.7. The fraction of sp³-hybridized carbons (Fsp3) is 0.500. The van der Waals surface area contributed by atoms with Gasteiger partial charge in [0.05, 0.1) is 4.92 Å². The lowest BCUT2D eigenvalue weighted by Gasteiger charge is -2.46.